The van der Waals surface area contributed by atoms with E-state index in [0.717, 1.165) is 0 Å². The number of anilines is 1. The van der Waals surface area contributed by atoms with Crippen molar-refractivity contribution < 1.29 is 33.0 Å². The number of carboxylic acid groups (broad SMARTS) is 1. The van der Waals surface area contributed by atoms with Gasteiger partial charge in [0.25, 0.3) is 0 Å². The number of nitrogens with one attached hydrogen (secondary N) is 1. The molecule has 4 atom stereocenters. The molecule has 2 N–H and O–H groups in total. The topological polar surface area (TPSA) is 84.9 Å². The number of benzene rings is 1. The zero-order chi connectivity index (χ0) is 17.4. The SMILES string of the molecule is O=C(O)[C@H]1[C@H](C(=O)Nc2ccc(OC(F)F)c(Cl)c2)[C@H]2C=C[C@H]1O2. The Morgan fingerprint density at radius 1 is 1.25 bits per heavy atom. The first-order valence-corrected chi connectivity index (χ1v) is 7.36. The number of hydrogen-bond donors (Lipinski definition) is 2. The molecule has 1 amide bonds. The first-order chi connectivity index (χ1) is 11.4. The Kier molecular flexibility index (Phi) is 4.42. The second-order valence-electron chi connectivity index (χ2n) is 5.35. The quantitative estimate of drug-likeness (QED) is 0.789. The van der Waals surface area contributed by atoms with Gasteiger partial charge in [0, 0.05) is 5.69 Å². The van der Waals surface area contributed by atoms with Crippen molar-refractivity contribution in [2.75, 3.05) is 5.32 Å². The number of hydrogen-bond acceptors (Lipinski definition) is 4. The molecule has 0 aromatic heterocycles. The third-order valence-corrected chi connectivity index (χ3v) is 4.20. The van der Waals surface area contributed by atoms with Crippen molar-refractivity contribution in [3.63, 3.8) is 0 Å². The van der Waals surface area contributed by atoms with Gasteiger partial charge in [-0.1, -0.05) is 23.8 Å². The summed E-state index contributed by atoms with van der Waals surface area (Å²) in [4.78, 5) is 23.8. The molecule has 3 rings (SSSR count). The molecule has 1 saturated heterocycles. The van der Waals surface area contributed by atoms with E-state index in [0.29, 0.717) is 0 Å². The number of amides is 1. The highest BCUT2D eigenvalue weighted by Crippen LogP contribution is 2.40. The van der Waals surface area contributed by atoms with Gasteiger partial charge in [-0.15, -0.1) is 0 Å². The summed E-state index contributed by atoms with van der Waals surface area (Å²) in [7, 11) is 0. The standard InChI is InChI=1S/C15H12ClF2NO5/c16-7-5-6(1-2-8(7)24-15(17)18)19-13(20)11-9-3-4-10(23-9)12(11)14(21)22/h1-5,9-12,15H,(H,19,20)(H,21,22)/t9-,10-,11-,12-/m1/s1. The smallest absolute Gasteiger partial charge is 0.387 e. The van der Waals surface area contributed by atoms with Crippen LogP contribution in [0.5, 0.6) is 5.75 Å². The molecule has 2 aliphatic heterocycles. The molecule has 128 valence electrons. The summed E-state index contributed by atoms with van der Waals surface area (Å²) < 4.78 is 34.0. The van der Waals surface area contributed by atoms with Crippen LogP contribution >= 0.6 is 11.6 Å². The van der Waals surface area contributed by atoms with Crippen molar-refractivity contribution in [1.82, 2.24) is 0 Å². The van der Waals surface area contributed by atoms with E-state index in [-0.39, 0.29) is 16.5 Å². The molecule has 0 unspecified atom stereocenters. The van der Waals surface area contributed by atoms with Gasteiger partial charge in [-0.3, -0.25) is 9.59 Å². The summed E-state index contributed by atoms with van der Waals surface area (Å²) in [5, 5.41) is 11.7. The van der Waals surface area contributed by atoms with E-state index in [1.807, 2.05) is 0 Å². The maximum atomic E-state index is 12.4. The molecule has 0 spiro atoms. The number of ether oxygens (including phenoxy) is 2. The number of carboxylic acids is 1. The number of fused-ring (bicyclic) bond motifs is 2. The summed E-state index contributed by atoms with van der Waals surface area (Å²) in [6, 6.07) is 3.77. The molecule has 2 bridgehead atoms. The van der Waals surface area contributed by atoms with E-state index in [1.54, 1.807) is 12.2 Å². The normalized spacial score (nSPS) is 27.5. The molecule has 9 heteroatoms. The summed E-state index contributed by atoms with van der Waals surface area (Å²) in [5.41, 5.74) is 0.238. The van der Waals surface area contributed by atoms with Crippen LogP contribution in [0.15, 0.2) is 30.4 Å². The fourth-order valence-corrected chi connectivity index (χ4v) is 3.14. The first kappa shape index (κ1) is 16.7. The monoisotopic (exact) mass is 359 g/mol. The zero-order valence-electron chi connectivity index (χ0n) is 12.0. The average molecular weight is 360 g/mol. The fourth-order valence-electron chi connectivity index (χ4n) is 2.91. The van der Waals surface area contributed by atoms with Crippen molar-refractivity contribution >= 4 is 29.2 Å². The Morgan fingerprint density at radius 3 is 2.50 bits per heavy atom. The highest BCUT2D eigenvalue weighted by Gasteiger charge is 2.53. The third-order valence-electron chi connectivity index (χ3n) is 3.90. The third kappa shape index (κ3) is 3.07. The molecular formula is C15H12ClF2NO5. The van der Waals surface area contributed by atoms with Crippen molar-refractivity contribution in [2.45, 2.75) is 18.8 Å². The van der Waals surface area contributed by atoms with E-state index < -0.39 is 42.5 Å². The number of rotatable bonds is 5. The van der Waals surface area contributed by atoms with Crippen LogP contribution in [0, 0.1) is 11.8 Å². The van der Waals surface area contributed by atoms with Gasteiger partial charge >= 0.3 is 12.6 Å². The van der Waals surface area contributed by atoms with Crippen LogP contribution in [0.4, 0.5) is 14.5 Å². The van der Waals surface area contributed by atoms with Crippen LogP contribution in [0.2, 0.25) is 5.02 Å². The molecular weight excluding hydrogens is 348 g/mol. The van der Waals surface area contributed by atoms with Crippen LogP contribution in [-0.4, -0.2) is 35.8 Å². The van der Waals surface area contributed by atoms with Crippen LogP contribution in [0.1, 0.15) is 0 Å². The molecule has 6 nitrogen and oxygen atoms in total. The Hall–Kier alpha value is -2.19. The van der Waals surface area contributed by atoms with Crippen LogP contribution in [0.3, 0.4) is 0 Å². The lowest BCUT2D eigenvalue weighted by Crippen LogP contribution is -2.39. The highest BCUT2D eigenvalue weighted by atomic mass is 35.5. The zero-order valence-corrected chi connectivity index (χ0v) is 12.7. The number of alkyl halides is 2. The molecule has 1 fully saturated rings. The van der Waals surface area contributed by atoms with Gasteiger partial charge in [0.1, 0.15) is 11.7 Å². The lowest BCUT2D eigenvalue weighted by Gasteiger charge is -2.21. The van der Waals surface area contributed by atoms with Gasteiger partial charge in [0.15, 0.2) is 0 Å². The molecule has 2 aliphatic rings. The summed E-state index contributed by atoms with van der Waals surface area (Å²) in [6.07, 6.45) is 2.04. The van der Waals surface area contributed by atoms with Crippen LogP contribution in [0.25, 0.3) is 0 Å². The van der Waals surface area contributed by atoms with Gasteiger partial charge in [0.05, 0.1) is 23.1 Å². The van der Waals surface area contributed by atoms with Crippen LogP contribution < -0.4 is 10.1 Å². The van der Waals surface area contributed by atoms with Crippen LogP contribution in [-0.2, 0) is 14.3 Å². The molecule has 1 aromatic carbocycles. The molecule has 0 radical (unpaired) electrons. The molecule has 0 aliphatic carbocycles. The minimum atomic E-state index is -3.02. The predicted octanol–water partition coefficient (Wildman–Crippen LogP) is 2.53. The van der Waals surface area contributed by atoms with Gasteiger partial charge in [-0.25, -0.2) is 0 Å². The number of carbonyl (C=O) groups is 2. The number of aliphatic carboxylic acids is 1. The Labute approximate surface area is 140 Å². The minimum absolute atomic E-state index is 0.105. The van der Waals surface area contributed by atoms with Crippen molar-refractivity contribution in [3.05, 3.63) is 35.4 Å². The van der Waals surface area contributed by atoms with E-state index in [1.165, 1.54) is 18.2 Å². The van der Waals surface area contributed by atoms with Crippen molar-refractivity contribution in [3.8, 4) is 5.75 Å². The van der Waals surface area contributed by atoms with Gasteiger partial charge in [-0.05, 0) is 18.2 Å². The lowest BCUT2D eigenvalue weighted by molar-refractivity contribution is -0.145. The minimum Gasteiger partial charge on any atom is -0.481 e. The maximum absolute atomic E-state index is 12.4. The fraction of sp³-hybridized carbons (Fsp3) is 0.333. The van der Waals surface area contributed by atoms with E-state index >= 15 is 0 Å². The molecule has 0 saturated carbocycles. The van der Waals surface area contributed by atoms with Crippen molar-refractivity contribution in [1.29, 1.82) is 0 Å². The average Bonchev–Trinajstić information content (AvgIpc) is 3.10. The van der Waals surface area contributed by atoms with E-state index in [4.69, 9.17) is 16.3 Å². The Balaban J connectivity index is 1.74. The van der Waals surface area contributed by atoms with E-state index in [2.05, 4.69) is 10.1 Å². The van der Waals surface area contributed by atoms with Gasteiger partial charge in [-0.2, -0.15) is 8.78 Å². The summed E-state index contributed by atoms with van der Waals surface area (Å²) >= 11 is 5.82. The Morgan fingerprint density at radius 2 is 1.92 bits per heavy atom. The van der Waals surface area contributed by atoms with Gasteiger partial charge in [0.2, 0.25) is 5.91 Å². The Bertz CT molecular complexity index is 711. The second kappa shape index (κ2) is 6.37. The van der Waals surface area contributed by atoms with Gasteiger partial charge < -0.3 is 19.9 Å². The molecule has 1 aromatic rings. The second-order valence-corrected chi connectivity index (χ2v) is 5.76. The molecule has 24 heavy (non-hydrogen) atoms. The number of carbonyl (C=O) groups excluding carboxylic acids is 1. The van der Waals surface area contributed by atoms with Crippen molar-refractivity contribution in [2.24, 2.45) is 11.8 Å². The largest absolute Gasteiger partial charge is 0.481 e. The highest BCUT2D eigenvalue weighted by molar-refractivity contribution is 6.32. The number of halogens is 3. The summed E-state index contributed by atoms with van der Waals surface area (Å²) in [5.74, 6) is -3.74. The first-order valence-electron chi connectivity index (χ1n) is 6.98. The maximum Gasteiger partial charge on any atom is 0.387 e. The predicted molar refractivity (Wildman–Crippen MR) is 79.1 cm³/mol. The van der Waals surface area contributed by atoms with E-state index in [9.17, 15) is 23.5 Å². The lowest BCUT2D eigenvalue weighted by atomic mass is 9.82. The summed E-state index contributed by atoms with van der Waals surface area (Å²) in [6.45, 7) is -3.02. The molecule has 2 heterocycles.